The Balaban J connectivity index is 2.46. The lowest BCUT2D eigenvalue weighted by Gasteiger charge is -2.33. The molecule has 0 bridgehead atoms. The second kappa shape index (κ2) is 5.63. The van der Waals surface area contributed by atoms with Crippen LogP contribution in [0.2, 0.25) is 5.02 Å². The van der Waals surface area contributed by atoms with Crippen molar-refractivity contribution in [1.82, 2.24) is 5.32 Å². The van der Waals surface area contributed by atoms with Crippen LogP contribution in [0.5, 0.6) is 0 Å². The first kappa shape index (κ1) is 14.5. The number of piperidine rings is 1. The molecule has 2 atom stereocenters. The third-order valence-electron chi connectivity index (χ3n) is 3.48. The molecule has 1 heterocycles. The molecule has 1 saturated heterocycles. The normalized spacial score (nSPS) is 23.6. The van der Waals surface area contributed by atoms with Gasteiger partial charge in [0.25, 0.3) is 0 Å². The molecular weight excluding hydrogens is 330 g/mol. The van der Waals surface area contributed by atoms with Crippen LogP contribution in [0.3, 0.4) is 0 Å². The molecule has 0 saturated carbocycles. The molecule has 1 aromatic carbocycles. The van der Waals surface area contributed by atoms with Crippen molar-refractivity contribution in [2.75, 3.05) is 0 Å². The summed E-state index contributed by atoms with van der Waals surface area (Å²) in [6.07, 6.45) is 0.296. The number of carbonyl (C=O) groups is 2. The van der Waals surface area contributed by atoms with Gasteiger partial charge in [0.1, 0.15) is 0 Å². The molecule has 0 aliphatic carbocycles. The van der Waals surface area contributed by atoms with E-state index in [1.807, 2.05) is 26.0 Å². The van der Waals surface area contributed by atoms with E-state index in [0.29, 0.717) is 11.4 Å². The summed E-state index contributed by atoms with van der Waals surface area (Å²) in [5.41, 5.74) is 0.859. The van der Waals surface area contributed by atoms with Crippen LogP contribution in [0.25, 0.3) is 0 Å². The summed E-state index contributed by atoms with van der Waals surface area (Å²) < 4.78 is 0.896. The van der Waals surface area contributed by atoms with E-state index in [1.165, 1.54) is 0 Å². The first-order valence-corrected chi connectivity index (χ1v) is 7.36. The third-order valence-corrected chi connectivity index (χ3v) is 4.32. The highest BCUT2D eigenvalue weighted by atomic mass is 79.9. The monoisotopic (exact) mass is 343 g/mol. The van der Waals surface area contributed by atoms with Crippen LogP contribution in [0, 0.1) is 11.8 Å². The molecular formula is C14H15BrClNO2. The van der Waals surface area contributed by atoms with Crippen molar-refractivity contribution in [2.45, 2.75) is 26.2 Å². The summed E-state index contributed by atoms with van der Waals surface area (Å²) in [4.78, 5) is 23.7. The van der Waals surface area contributed by atoms with Gasteiger partial charge in [-0.15, -0.1) is 0 Å². The number of benzene rings is 1. The summed E-state index contributed by atoms with van der Waals surface area (Å²) in [5, 5.41) is 3.01. The van der Waals surface area contributed by atoms with Gasteiger partial charge in [-0.25, -0.2) is 0 Å². The summed E-state index contributed by atoms with van der Waals surface area (Å²) >= 11 is 9.64. The Labute approximate surface area is 125 Å². The molecule has 1 N–H and O–H groups in total. The van der Waals surface area contributed by atoms with Gasteiger partial charge in [0.15, 0.2) is 0 Å². The Kier molecular flexibility index (Phi) is 4.31. The van der Waals surface area contributed by atoms with E-state index in [0.717, 1.165) is 10.0 Å². The zero-order valence-corrected chi connectivity index (χ0v) is 13.1. The van der Waals surface area contributed by atoms with Gasteiger partial charge in [0.05, 0.1) is 0 Å². The van der Waals surface area contributed by atoms with E-state index >= 15 is 0 Å². The highest BCUT2D eigenvalue weighted by Crippen LogP contribution is 2.39. The molecule has 5 heteroatoms. The number of carbonyl (C=O) groups excluding carboxylic acids is 2. The molecule has 1 aliphatic heterocycles. The predicted octanol–water partition coefficient (Wildman–Crippen LogP) is 3.50. The summed E-state index contributed by atoms with van der Waals surface area (Å²) in [7, 11) is 0. The lowest BCUT2D eigenvalue weighted by Crippen LogP contribution is -2.46. The summed E-state index contributed by atoms with van der Waals surface area (Å²) in [6.45, 7) is 3.97. The van der Waals surface area contributed by atoms with Gasteiger partial charge >= 0.3 is 0 Å². The Morgan fingerprint density at radius 3 is 2.68 bits per heavy atom. The number of nitrogens with one attached hydrogen (secondary N) is 1. The lowest BCUT2D eigenvalue weighted by atomic mass is 9.75. The van der Waals surface area contributed by atoms with Crippen molar-refractivity contribution in [2.24, 2.45) is 11.8 Å². The number of halogens is 2. The number of hydrogen-bond donors (Lipinski definition) is 1. The van der Waals surface area contributed by atoms with E-state index in [2.05, 4.69) is 21.2 Å². The van der Waals surface area contributed by atoms with Crippen LogP contribution in [-0.2, 0) is 9.59 Å². The maximum atomic E-state index is 12.0. The second-order valence-electron chi connectivity index (χ2n) is 5.16. The van der Waals surface area contributed by atoms with E-state index in [-0.39, 0.29) is 29.6 Å². The van der Waals surface area contributed by atoms with Gasteiger partial charge < -0.3 is 0 Å². The maximum Gasteiger partial charge on any atom is 0.230 e. The van der Waals surface area contributed by atoms with Crippen LogP contribution >= 0.6 is 27.5 Å². The van der Waals surface area contributed by atoms with Crippen LogP contribution in [-0.4, -0.2) is 11.8 Å². The van der Waals surface area contributed by atoms with E-state index in [4.69, 9.17) is 11.6 Å². The van der Waals surface area contributed by atoms with Gasteiger partial charge in [-0.2, -0.15) is 0 Å². The van der Waals surface area contributed by atoms with Crippen LogP contribution in [0.1, 0.15) is 31.7 Å². The molecule has 1 aliphatic rings. The first-order valence-electron chi connectivity index (χ1n) is 6.18. The van der Waals surface area contributed by atoms with Crippen LogP contribution in [0.15, 0.2) is 22.7 Å². The van der Waals surface area contributed by atoms with Gasteiger partial charge in [0, 0.05) is 27.8 Å². The topological polar surface area (TPSA) is 46.2 Å². The highest BCUT2D eigenvalue weighted by molar-refractivity contribution is 9.10. The van der Waals surface area contributed by atoms with Crippen molar-refractivity contribution in [1.29, 1.82) is 0 Å². The molecule has 1 aromatic rings. The minimum Gasteiger partial charge on any atom is -0.296 e. The van der Waals surface area contributed by atoms with Crippen molar-refractivity contribution < 1.29 is 9.59 Å². The van der Waals surface area contributed by atoms with E-state index in [9.17, 15) is 9.59 Å². The van der Waals surface area contributed by atoms with Crippen LogP contribution < -0.4 is 5.32 Å². The zero-order chi connectivity index (χ0) is 14.2. The smallest absolute Gasteiger partial charge is 0.230 e. The van der Waals surface area contributed by atoms with Crippen molar-refractivity contribution in [3.8, 4) is 0 Å². The highest BCUT2D eigenvalue weighted by Gasteiger charge is 2.39. The molecule has 2 rings (SSSR count). The van der Waals surface area contributed by atoms with E-state index in [1.54, 1.807) is 6.07 Å². The number of imide groups is 1. The minimum atomic E-state index is -0.233. The number of hydrogen-bond acceptors (Lipinski definition) is 2. The number of rotatable bonds is 2. The molecule has 19 heavy (non-hydrogen) atoms. The third kappa shape index (κ3) is 3.00. The van der Waals surface area contributed by atoms with Crippen molar-refractivity contribution in [3.05, 3.63) is 33.3 Å². The fourth-order valence-corrected chi connectivity index (χ4v) is 3.29. The molecule has 2 unspecified atom stereocenters. The molecule has 0 spiro atoms. The minimum absolute atomic E-state index is 0.146. The molecule has 1 fully saturated rings. The molecule has 102 valence electrons. The first-order chi connectivity index (χ1) is 8.90. The Hall–Kier alpha value is -0.870. The largest absolute Gasteiger partial charge is 0.296 e. The van der Waals surface area contributed by atoms with E-state index < -0.39 is 0 Å². The quantitative estimate of drug-likeness (QED) is 0.835. The Morgan fingerprint density at radius 1 is 1.37 bits per heavy atom. The Bertz CT molecular complexity index is 530. The zero-order valence-electron chi connectivity index (χ0n) is 10.7. The summed E-state index contributed by atoms with van der Waals surface area (Å²) in [5.74, 6) is -0.681. The molecule has 2 amide bonds. The van der Waals surface area contributed by atoms with Gasteiger partial charge in [0.2, 0.25) is 11.8 Å². The van der Waals surface area contributed by atoms with Crippen LogP contribution in [0.4, 0.5) is 0 Å². The molecule has 0 aromatic heterocycles. The molecule has 3 nitrogen and oxygen atoms in total. The SMILES string of the molecule is CC(C)C1C(=O)NC(=O)CC1c1cc(Br)ccc1Cl. The lowest BCUT2D eigenvalue weighted by molar-refractivity contribution is -0.138. The second-order valence-corrected chi connectivity index (χ2v) is 6.48. The number of amides is 2. The van der Waals surface area contributed by atoms with Gasteiger partial charge in [-0.1, -0.05) is 41.4 Å². The average molecular weight is 345 g/mol. The van der Waals surface area contributed by atoms with Gasteiger partial charge in [-0.05, 0) is 29.7 Å². The van der Waals surface area contributed by atoms with Gasteiger partial charge in [-0.3, -0.25) is 14.9 Å². The predicted molar refractivity (Wildman–Crippen MR) is 78.0 cm³/mol. The van der Waals surface area contributed by atoms with Crippen molar-refractivity contribution in [3.63, 3.8) is 0 Å². The maximum absolute atomic E-state index is 12.0. The fraction of sp³-hybridized carbons (Fsp3) is 0.429. The Morgan fingerprint density at radius 2 is 2.05 bits per heavy atom. The van der Waals surface area contributed by atoms with Crippen molar-refractivity contribution >= 4 is 39.3 Å². The average Bonchev–Trinajstić information content (AvgIpc) is 2.30. The summed E-state index contributed by atoms with van der Waals surface area (Å²) in [6, 6.07) is 5.53. The standard InChI is InChI=1S/C14H15BrClNO2/c1-7(2)13-10(6-12(18)17-14(13)19)9-5-8(15)3-4-11(9)16/h3-5,7,10,13H,6H2,1-2H3,(H,17,18,19). The molecule has 0 radical (unpaired) electrons. The fourth-order valence-electron chi connectivity index (χ4n) is 2.65.